The van der Waals surface area contributed by atoms with E-state index >= 15 is 0 Å². The predicted molar refractivity (Wildman–Crippen MR) is 51.8 cm³/mol. The van der Waals surface area contributed by atoms with Crippen LogP contribution in [0.2, 0.25) is 0 Å². The number of nitrogens with one attached hydrogen (secondary N) is 1. The van der Waals surface area contributed by atoms with Gasteiger partial charge in [0.05, 0.1) is 11.9 Å². The molecule has 6 heteroatoms. The van der Waals surface area contributed by atoms with E-state index in [1.807, 2.05) is 0 Å². The second-order valence-corrected chi connectivity index (χ2v) is 2.59. The Morgan fingerprint density at radius 1 is 1.36 bits per heavy atom. The van der Waals surface area contributed by atoms with E-state index in [0.717, 1.165) is 5.69 Å². The molecule has 70 valence electrons. The molecule has 14 heavy (non-hydrogen) atoms. The molecule has 0 aliphatic rings. The Labute approximate surface area is 80.2 Å². The second-order valence-electron chi connectivity index (χ2n) is 2.59. The van der Waals surface area contributed by atoms with E-state index in [-0.39, 0.29) is 0 Å². The van der Waals surface area contributed by atoms with E-state index in [1.165, 1.54) is 6.33 Å². The highest BCUT2D eigenvalue weighted by molar-refractivity contribution is 5.56. The van der Waals surface area contributed by atoms with Gasteiger partial charge in [-0.3, -0.25) is 0 Å². The molecule has 0 spiro atoms. The van der Waals surface area contributed by atoms with Gasteiger partial charge >= 0.3 is 0 Å². The molecule has 2 aromatic rings. The Morgan fingerprint density at radius 3 is 3.00 bits per heavy atom. The number of nitrogens with zero attached hydrogens (tertiary/aromatic N) is 4. The number of aromatic nitrogens is 4. The Kier molecular flexibility index (Phi) is 2.18. The normalized spacial score (nSPS) is 9.71. The monoisotopic (exact) mass is 188 g/mol. The first-order chi connectivity index (χ1) is 6.84. The van der Waals surface area contributed by atoms with Gasteiger partial charge in [-0.15, -0.1) is 5.10 Å². The zero-order chi connectivity index (χ0) is 9.80. The standard InChI is InChI=1S/C8H8N6/c9-7-3-6(4-12-14-7)13-8-1-2-10-5-11-8/h1-5H,(H3,9,10,11,13,14). The molecule has 6 nitrogen and oxygen atoms in total. The summed E-state index contributed by atoms with van der Waals surface area (Å²) in [5.74, 6) is 1.05. The summed E-state index contributed by atoms with van der Waals surface area (Å²) < 4.78 is 0. The van der Waals surface area contributed by atoms with Crippen molar-refractivity contribution in [3.8, 4) is 0 Å². The van der Waals surface area contributed by atoms with Gasteiger partial charge in [0.15, 0.2) is 0 Å². The molecule has 0 aromatic carbocycles. The Hall–Kier alpha value is -2.24. The van der Waals surface area contributed by atoms with Crippen LogP contribution in [0.15, 0.2) is 30.9 Å². The van der Waals surface area contributed by atoms with Crippen molar-refractivity contribution >= 4 is 17.3 Å². The fraction of sp³-hybridized carbons (Fsp3) is 0. The number of rotatable bonds is 2. The summed E-state index contributed by atoms with van der Waals surface area (Å²) in [4.78, 5) is 7.79. The lowest BCUT2D eigenvalue weighted by Gasteiger charge is -2.03. The first-order valence-corrected chi connectivity index (χ1v) is 3.96. The van der Waals surface area contributed by atoms with Gasteiger partial charge < -0.3 is 11.1 Å². The number of nitrogens with two attached hydrogens (primary N) is 1. The molecule has 0 unspecified atom stereocenters. The summed E-state index contributed by atoms with van der Waals surface area (Å²) in [5.41, 5.74) is 6.21. The van der Waals surface area contributed by atoms with Crippen molar-refractivity contribution in [2.75, 3.05) is 11.1 Å². The molecule has 0 saturated carbocycles. The average molecular weight is 188 g/mol. The van der Waals surface area contributed by atoms with Crippen LogP contribution in [0.4, 0.5) is 17.3 Å². The van der Waals surface area contributed by atoms with Crippen molar-refractivity contribution < 1.29 is 0 Å². The Morgan fingerprint density at radius 2 is 2.29 bits per heavy atom. The minimum absolute atomic E-state index is 0.365. The largest absolute Gasteiger partial charge is 0.382 e. The number of anilines is 3. The van der Waals surface area contributed by atoms with E-state index in [4.69, 9.17) is 5.73 Å². The minimum atomic E-state index is 0.365. The summed E-state index contributed by atoms with van der Waals surface area (Å²) in [7, 11) is 0. The summed E-state index contributed by atoms with van der Waals surface area (Å²) in [6.45, 7) is 0. The van der Waals surface area contributed by atoms with Crippen LogP contribution in [0.5, 0.6) is 0 Å². The van der Waals surface area contributed by atoms with Gasteiger partial charge in [-0.2, -0.15) is 5.10 Å². The Bertz CT molecular complexity index is 415. The highest BCUT2D eigenvalue weighted by Crippen LogP contribution is 2.12. The maximum atomic E-state index is 5.47. The van der Waals surface area contributed by atoms with Crippen LogP contribution in [-0.2, 0) is 0 Å². The van der Waals surface area contributed by atoms with E-state index in [9.17, 15) is 0 Å². The average Bonchev–Trinajstić information content (AvgIpc) is 2.19. The summed E-state index contributed by atoms with van der Waals surface area (Å²) >= 11 is 0. The molecule has 0 aliphatic carbocycles. The minimum Gasteiger partial charge on any atom is -0.382 e. The maximum absolute atomic E-state index is 5.47. The summed E-state index contributed by atoms with van der Waals surface area (Å²) in [6.07, 6.45) is 4.67. The third kappa shape index (κ3) is 1.92. The summed E-state index contributed by atoms with van der Waals surface area (Å²) in [6, 6.07) is 3.42. The highest BCUT2D eigenvalue weighted by Gasteiger charge is 1.96. The lowest BCUT2D eigenvalue weighted by molar-refractivity contribution is 1.04. The van der Waals surface area contributed by atoms with Gasteiger partial charge in [-0.05, 0) is 6.07 Å². The number of hydrogen-bond acceptors (Lipinski definition) is 6. The lowest BCUT2D eigenvalue weighted by Crippen LogP contribution is -1.97. The molecule has 2 aromatic heterocycles. The zero-order valence-electron chi connectivity index (χ0n) is 7.25. The van der Waals surface area contributed by atoms with Crippen LogP contribution >= 0.6 is 0 Å². The molecule has 0 aliphatic heterocycles. The van der Waals surface area contributed by atoms with Gasteiger partial charge in [0.25, 0.3) is 0 Å². The maximum Gasteiger partial charge on any atom is 0.148 e. The molecule has 0 atom stereocenters. The third-order valence-corrected chi connectivity index (χ3v) is 1.53. The van der Waals surface area contributed by atoms with Crippen LogP contribution in [0.25, 0.3) is 0 Å². The van der Waals surface area contributed by atoms with Gasteiger partial charge in [-0.25, -0.2) is 9.97 Å². The third-order valence-electron chi connectivity index (χ3n) is 1.53. The molecule has 0 amide bonds. The lowest BCUT2D eigenvalue weighted by atomic mass is 10.4. The zero-order valence-corrected chi connectivity index (χ0v) is 7.25. The van der Waals surface area contributed by atoms with Gasteiger partial charge in [-0.1, -0.05) is 0 Å². The molecular weight excluding hydrogens is 180 g/mol. The molecule has 0 bridgehead atoms. The van der Waals surface area contributed by atoms with Crippen molar-refractivity contribution in [1.82, 2.24) is 20.2 Å². The van der Waals surface area contributed by atoms with Crippen LogP contribution in [0.1, 0.15) is 0 Å². The molecule has 0 fully saturated rings. The molecule has 2 rings (SSSR count). The van der Waals surface area contributed by atoms with Crippen molar-refractivity contribution in [2.45, 2.75) is 0 Å². The van der Waals surface area contributed by atoms with Gasteiger partial charge in [0.1, 0.15) is 18.0 Å². The van der Waals surface area contributed by atoms with E-state index < -0.39 is 0 Å². The van der Waals surface area contributed by atoms with Crippen molar-refractivity contribution in [3.05, 3.63) is 30.9 Å². The van der Waals surface area contributed by atoms with Crippen LogP contribution in [0.3, 0.4) is 0 Å². The van der Waals surface area contributed by atoms with Crippen LogP contribution in [0, 0.1) is 0 Å². The topological polar surface area (TPSA) is 89.6 Å². The fourth-order valence-electron chi connectivity index (χ4n) is 0.964. The number of hydrogen-bond donors (Lipinski definition) is 2. The number of nitrogen functional groups attached to an aromatic ring is 1. The fourth-order valence-corrected chi connectivity index (χ4v) is 0.964. The second kappa shape index (κ2) is 3.65. The first-order valence-electron chi connectivity index (χ1n) is 3.96. The molecule has 0 radical (unpaired) electrons. The Balaban J connectivity index is 2.19. The van der Waals surface area contributed by atoms with Gasteiger partial charge in [0.2, 0.25) is 0 Å². The molecule has 0 saturated heterocycles. The quantitative estimate of drug-likeness (QED) is 0.717. The SMILES string of the molecule is Nc1cc(Nc2ccncn2)cnn1. The molecular formula is C8H8N6. The predicted octanol–water partition coefficient (Wildman–Crippen LogP) is 0.592. The smallest absolute Gasteiger partial charge is 0.148 e. The van der Waals surface area contributed by atoms with E-state index in [0.29, 0.717) is 11.6 Å². The highest BCUT2D eigenvalue weighted by atomic mass is 15.1. The van der Waals surface area contributed by atoms with Crippen molar-refractivity contribution in [1.29, 1.82) is 0 Å². The van der Waals surface area contributed by atoms with Crippen LogP contribution in [-0.4, -0.2) is 20.2 Å². The van der Waals surface area contributed by atoms with E-state index in [2.05, 4.69) is 25.5 Å². The van der Waals surface area contributed by atoms with Gasteiger partial charge in [0, 0.05) is 12.3 Å². The van der Waals surface area contributed by atoms with Crippen molar-refractivity contribution in [2.24, 2.45) is 0 Å². The summed E-state index contributed by atoms with van der Waals surface area (Å²) in [5, 5.41) is 10.3. The van der Waals surface area contributed by atoms with Crippen molar-refractivity contribution in [3.63, 3.8) is 0 Å². The first kappa shape index (κ1) is 8.36. The van der Waals surface area contributed by atoms with Crippen LogP contribution < -0.4 is 11.1 Å². The molecule has 2 heterocycles. The van der Waals surface area contributed by atoms with E-state index in [1.54, 1.807) is 24.5 Å². The molecule has 3 N–H and O–H groups in total.